The van der Waals surface area contributed by atoms with Crippen molar-refractivity contribution in [1.29, 1.82) is 0 Å². The number of aliphatic hydroxyl groups is 1. The first-order chi connectivity index (χ1) is 8.41. The van der Waals surface area contributed by atoms with E-state index in [-0.39, 0.29) is 5.89 Å². The highest BCUT2D eigenvalue weighted by Crippen LogP contribution is 2.27. The molecule has 0 saturated carbocycles. The van der Waals surface area contributed by atoms with Gasteiger partial charge in [-0.1, -0.05) is 0 Å². The predicted molar refractivity (Wildman–Crippen MR) is 66.3 cm³/mol. The van der Waals surface area contributed by atoms with Crippen LogP contribution in [-0.4, -0.2) is 22.4 Å². The molecule has 0 atom stereocenters. The number of hydrogen-bond donors (Lipinski definition) is 1. The fraction of sp³-hybridized carbons (Fsp3) is 0.385. The molecule has 0 radical (unpaired) electrons. The molecular weight excluding hydrogens is 232 g/mol. The average molecular weight is 248 g/mol. The Morgan fingerprint density at radius 2 is 2.00 bits per heavy atom. The van der Waals surface area contributed by atoms with Crippen molar-refractivity contribution in [1.82, 2.24) is 10.2 Å². The largest absolute Gasteiger partial charge is 0.496 e. The summed E-state index contributed by atoms with van der Waals surface area (Å²) in [6.45, 7) is 5.14. The summed E-state index contributed by atoms with van der Waals surface area (Å²) in [6, 6.07) is 5.59. The van der Waals surface area contributed by atoms with E-state index in [9.17, 15) is 5.11 Å². The molecule has 1 N–H and O–H groups in total. The van der Waals surface area contributed by atoms with Crippen molar-refractivity contribution in [3.8, 4) is 17.2 Å². The summed E-state index contributed by atoms with van der Waals surface area (Å²) < 4.78 is 10.6. The molecule has 2 rings (SSSR count). The molecule has 0 spiro atoms. The molecule has 2 aromatic rings. The van der Waals surface area contributed by atoms with Gasteiger partial charge in [-0.2, -0.15) is 0 Å². The van der Waals surface area contributed by atoms with E-state index >= 15 is 0 Å². The van der Waals surface area contributed by atoms with Crippen LogP contribution in [0.3, 0.4) is 0 Å². The van der Waals surface area contributed by atoms with E-state index in [1.807, 2.05) is 25.1 Å². The lowest BCUT2D eigenvalue weighted by atomic mass is 10.1. The zero-order chi connectivity index (χ0) is 13.3. The van der Waals surface area contributed by atoms with Gasteiger partial charge in [0, 0.05) is 5.56 Å². The minimum Gasteiger partial charge on any atom is -0.496 e. The molecule has 0 fully saturated rings. The number of nitrogens with zero attached hydrogens (tertiary/aromatic N) is 2. The highest BCUT2D eigenvalue weighted by molar-refractivity contribution is 5.56. The zero-order valence-electron chi connectivity index (χ0n) is 10.9. The van der Waals surface area contributed by atoms with Crippen LogP contribution in [0.4, 0.5) is 0 Å². The van der Waals surface area contributed by atoms with Gasteiger partial charge in [0.2, 0.25) is 11.8 Å². The molecule has 18 heavy (non-hydrogen) atoms. The van der Waals surface area contributed by atoms with E-state index in [4.69, 9.17) is 9.15 Å². The fourth-order valence-electron chi connectivity index (χ4n) is 1.60. The summed E-state index contributed by atoms with van der Waals surface area (Å²) in [4.78, 5) is 0. The number of methoxy groups -OCH3 is 1. The molecule has 0 amide bonds. The predicted octanol–water partition coefficient (Wildman–Crippen LogP) is 2.28. The van der Waals surface area contributed by atoms with Crippen LogP contribution in [0, 0.1) is 6.92 Å². The molecule has 0 aliphatic carbocycles. The van der Waals surface area contributed by atoms with E-state index in [2.05, 4.69) is 10.2 Å². The van der Waals surface area contributed by atoms with Gasteiger partial charge in [0.1, 0.15) is 11.4 Å². The highest BCUT2D eigenvalue weighted by Gasteiger charge is 2.24. The molecule has 96 valence electrons. The van der Waals surface area contributed by atoms with E-state index in [1.54, 1.807) is 21.0 Å². The van der Waals surface area contributed by atoms with Crippen LogP contribution in [0.15, 0.2) is 22.6 Å². The van der Waals surface area contributed by atoms with Crippen LogP contribution in [0.25, 0.3) is 11.5 Å². The SMILES string of the molecule is COc1ccc(-c2nnc(C(C)(C)O)o2)cc1C. The van der Waals surface area contributed by atoms with Crippen LogP contribution < -0.4 is 4.74 Å². The Morgan fingerprint density at radius 3 is 2.50 bits per heavy atom. The molecule has 5 heteroatoms. The van der Waals surface area contributed by atoms with Crippen molar-refractivity contribution in [2.45, 2.75) is 26.4 Å². The van der Waals surface area contributed by atoms with E-state index in [0.717, 1.165) is 16.9 Å². The Labute approximate surface area is 105 Å². The van der Waals surface area contributed by atoms with Gasteiger partial charge < -0.3 is 14.3 Å². The minimum atomic E-state index is -1.13. The Balaban J connectivity index is 2.38. The number of ether oxygens (including phenoxy) is 1. The summed E-state index contributed by atoms with van der Waals surface area (Å²) in [7, 11) is 1.63. The van der Waals surface area contributed by atoms with Crippen molar-refractivity contribution in [2.75, 3.05) is 7.11 Å². The lowest BCUT2D eigenvalue weighted by Crippen LogP contribution is -2.15. The molecule has 0 aliphatic rings. The molecule has 0 bridgehead atoms. The second-order valence-corrected chi connectivity index (χ2v) is 4.66. The summed E-state index contributed by atoms with van der Waals surface area (Å²) >= 11 is 0. The summed E-state index contributed by atoms with van der Waals surface area (Å²) in [6.07, 6.45) is 0. The Bertz CT molecular complexity index is 556. The summed E-state index contributed by atoms with van der Waals surface area (Å²) in [5, 5.41) is 17.5. The second kappa shape index (κ2) is 4.42. The third-order valence-electron chi connectivity index (χ3n) is 2.59. The first-order valence-electron chi connectivity index (χ1n) is 5.63. The molecule has 1 aromatic carbocycles. The lowest BCUT2D eigenvalue weighted by Gasteiger charge is -2.10. The quantitative estimate of drug-likeness (QED) is 0.902. The van der Waals surface area contributed by atoms with Gasteiger partial charge in [-0.05, 0) is 44.5 Å². The summed E-state index contributed by atoms with van der Waals surface area (Å²) in [5.74, 6) is 1.39. The monoisotopic (exact) mass is 248 g/mol. The number of rotatable bonds is 3. The average Bonchev–Trinajstić information content (AvgIpc) is 2.77. The van der Waals surface area contributed by atoms with Crippen LogP contribution >= 0.6 is 0 Å². The first kappa shape index (κ1) is 12.6. The van der Waals surface area contributed by atoms with Gasteiger partial charge in [0.25, 0.3) is 0 Å². The fourth-order valence-corrected chi connectivity index (χ4v) is 1.60. The van der Waals surface area contributed by atoms with Crippen molar-refractivity contribution < 1.29 is 14.3 Å². The van der Waals surface area contributed by atoms with Gasteiger partial charge in [-0.25, -0.2) is 0 Å². The standard InChI is InChI=1S/C13H16N2O3/c1-8-7-9(5-6-10(8)17-4)11-14-15-12(18-11)13(2,3)16/h5-7,16H,1-4H3. The van der Waals surface area contributed by atoms with Gasteiger partial charge in [0.15, 0.2) is 0 Å². The maximum atomic E-state index is 9.77. The first-order valence-corrected chi connectivity index (χ1v) is 5.63. The third kappa shape index (κ3) is 2.36. The van der Waals surface area contributed by atoms with Crippen LogP contribution in [-0.2, 0) is 5.60 Å². The molecular formula is C13H16N2O3. The van der Waals surface area contributed by atoms with Gasteiger partial charge in [-0.15, -0.1) is 10.2 Å². The number of hydrogen-bond acceptors (Lipinski definition) is 5. The number of benzene rings is 1. The topological polar surface area (TPSA) is 68.4 Å². The molecule has 5 nitrogen and oxygen atoms in total. The maximum absolute atomic E-state index is 9.77. The van der Waals surface area contributed by atoms with Crippen LogP contribution in [0.1, 0.15) is 25.3 Å². The number of aromatic nitrogens is 2. The van der Waals surface area contributed by atoms with Crippen LogP contribution in [0.5, 0.6) is 5.75 Å². The van der Waals surface area contributed by atoms with Crippen LogP contribution in [0.2, 0.25) is 0 Å². The van der Waals surface area contributed by atoms with Gasteiger partial charge in [0.05, 0.1) is 7.11 Å². The minimum absolute atomic E-state index is 0.200. The normalized spacial score (nSPS) is 11.6. The second-order valence-electron chi connectivity index (χ2n) is 4.66. The molecule has 1 aromatic heterocycles. The maximum Gasteiger partial charge on any atom is 0.247 e. The van der Waals surface area contributed by atoms with Crippen molar-refractivity contribution >= 4 is 0 Å². The molecule has 0 unspecified atom stereocenters. The zero-order valence-corrected chi connectivity index (χ0v) is 10.9. The van der Waals surface area contributed by atoms with E-state index in [0.29, 0.717) is 5.89 Å². The third-order valence-corrected chi connectivity index (χ3v) is 2.59. The van der Waals surface area contributed by atoms with Gasteiger partial charge >= 0.3 is 0 Å². The smallest absolute Gasteiger partial charge is 0.247 e. The van der Waals surface area contributed by atoms with E-state index < -0.39 is 5.60 Å². The highest BCUT2D eigenvalue weighted by atomic mass is 16.5. The van der Waals surface area contributed by atoms with Gasteiger partial charge in [-0.3, -0.25) is 0 Å². The summed E-state index contributed by atoms with van der Waals surface area (Å²) in [5.41, 5.74) is 0.654. The number of aryl methyl sites for hydroxylation is 1. The lowest BCUT2D eigenvalue weighted by molar-refractivity contribution is 0.0488. The van der Waals surface area contributed by atoms with Crippen molar-refractivity contribution in [3.63, 3.8) is 0 Å². The van der Waals surface area contributed by atoms with E-state index in [1.165, 1.54) is 0 Å². The molecule has 1 heterocycles. The Kier molecular flexibility index (Phi) is 3.09. The molecule has 0 aliphatic heterocycles. The van der Waals surface area contributed by atoms with Crippen molar-refractivity contribution in [3.05, 3.63) is 29.7 Å². The van der Waals surface area contributed by atoms with Crippen molar-refractivity contribution in [2.24, 2.45) is 0 Å². The Morgan fingerprint density at radius 1 is 1.28 bits per heavy atom. The molecule has 0 saturated heterocycles. The Hall–Kier alpha value is -1.88.